The van der Waals surface area contributed by atoms with Crippen LogP contribution in [0, 0.1) is 0 Å². The van der Waals surface area contributed by atoms with E-state index < -0.39 is 0 Å². The molecule has 0 fully saturated rings. The maximum absolute atomic E-state index is 3.53. The molecule has 0 aliphatic heterocycles. The van der Waals surface area contributed by atoms with Crippen LogP contribution >= 0.6 is 0 Å². The first-order valence-electron chi connectivity index (χ1n) is 7.27. The van der Waals surface area contributed by atoms with Gasteiger partial charge in [-0.25, -0.2) is 0 Å². The van der Waals surface area contributed by atoms with Crippen LogP contribution in [0.25, 0.3) is 0 Å². The van der Waals surface area contributed by atoms with Gasteiger partial charge in [0.15, 0.2) is 0 Å². The highest BCUT2D eigenvalue weighted by molar-refractivity contribution is 4.51. The predicted octanol–water partition coefficient (Wildman–Crippen LogP) is 3.33. The molecule has 2 heteroatoms. The van der Waals surface area contributed by atoms with Crippen LogP contribution in [0.5, 0.6) is 0 Å². The summed E-state index contributed by atoms with van der Waals surface area (Å²) in [4.78, 5) is 0. The molecule has 2 N–H and O–H groups in total. The SMILES string of the molecule is CCCCCCNCCCCCCCNC. The third-order valence-corrected chi connectivity index (χ3v) is 2.99. The Morgan fingerprint density at radius 2 is 1.12 bits per heavy atom. The Morgan fingerprint density at radius 1 is 0.625 bits per heavy atom. The van der Waals surface area contributed by atoms with Crippen molar-refractivity contribution in [3.05, 3.63) is 0 Å². The topological polar surface area (TPSA) is 24.1 Å². The molecule has 0 amide bonds. The van der Waals surface area contributed by atoms with Crippen molar-refractivity contribution >= 4 is 0 Å². The molecule has 2 nitrogen and oxygen atoms in total. The summed E-state index contributed by atoms with van der Waals surface area (Å²) in [6.07, 6.45) is 12.4. The molecule has 0 aliphatic rings. The summed E-state index contributed by atoms with van der Waals surface area (Å²) in [7, 11) is 2.03. The van der Waals surface area contributed by atoms with Gasteiger partial charge in [-0.1, -0.05) is 45.4 Å². The lowest BCUT2D eigenvalue weighted by Gasteiger charge is -2.04. The molecule has 0 spiro atoms. The average Bonchev–Trinajstić information content (AvgIpc) is 2.31. The van der Waals surface area contributed by atoms with E-state index in [0.29, 0.717) is 0 Å². The first-order chi connectivity index (χ1) is 7.91. The van der Waals surface area contributed by atoms with Gasteiger partial charge >= 0.3 is 0 Å². The maximum Gasteiger partial charge on any atom is -0.00489 e. The summed E-state index contributed by atoms with van der Waals surface area (Å²) in [6, 6.07) is 0. The molecule has 98 valence electrons. The minimum absolute atomic E-state index is 1.18. The Morgan fingerprint density at radius 3 is 1.69 bits per heavy atom. The first-order valence-corrected chi connectivity index (χ1v) is 7.27. The normalized spacial score (nSPS) is 10.9. The molecule has 16 heavy (non-hydrogen) atoms. The lowest BCUT2D eigenvalue weighted by molar-refractivity contribution is 0.550. The summed E-state index contributed by atoms with van der Waals surface area (Å²) < 4.78 is 0. The largest absolute Gasteiger partial charge is 0.320 e. The summed E-state index contributed by atoms with van der Waals surface area (Å²) >= 11 is 0. The van der Waals surface area contributed by atoms with Gasteiger partial charge in [0.05, 0.1) is 0 Å². The highest BCUT2D eigenvalue weighted by atomic mass is 14.8. The van der Waals surface area contributed by atoms with Crippen LogP contribution in [0.15, 0.2) is 0 Å². The Kier molecular flexibility index (Phi) is 14.8. The summed E-state index contributed by atoms with van der Waals surface area (Å²) in [6.45, 7) is 5.88. The zero-order chi connectivity index (χ0) is 11.9. The van der Waals surface area contributed by atoms with E-state index in [4.69, 9.17) is 0 Å². The Labute approximate surface area is 103 Å². The first kappa shape index (κ1) is 15.9. The predicted molar refractivity (Wildman–Crippen MR) is 74.0 cm³/mol. The monoisotopic (exact) mass is 228 g/mol. The van der Waals surface area contributed by atoms with Crippen LogP contribution in [0.1, 0.15) is 64.7 Å². The number of hydrogen-bond acceptors (Lipinski definition) is 2. The van der Waals surface area contributed by atoms with Crippen molar-refractivity contribution in [1.29, 1.82) is 0 Å². The van der Waals surface area contributed by atoms with Crippen molar-refractivity contribution in [2.45, 2.75) is 64.7 Å². The number of hydrogen-bond donors (Lipinski definition) is 2. The van der Waals surface area contributed by atoms with Gasteiger partial charge in [0.2, 0.25) is 0 Å². The maximum atomic E-state index is 3.53. The molecule has 0 aromatic rings. The van der Waals surface area contributed by atoms with Crippen molar-refractivity contribution in [2.24, 2.45) is 0 Å². The van der Waals surface area contributed by atoms with Gasteiger partial charge in [-0.05, 0) is 45.9 Å². The van der Waals surface area contributed by atoms with Gasteiger partial charge in [-0.2, -0.15) is 0 Å². The van der Waals surface area contributed by atoms with Crippen molar-refractivity contribution < 1.29 is 0 Å². The minimum atomic E-state index is 1.18. The van der Waals surface area contributed by atoms with Gasteiger partial charge in [0.25, 0.3) is 0 Å². The Bertz CT molecular complexity index is 101. The van der Waals surface area contributed by atoms with Gasteiger partial charge in [-0.3, -0.25) is 0 Å². The van der Waals surface area contributed by atoms with E-state index in [1.165, 1.54) is 77.4 Å². The lowest BCUT2D eigenvalue weighted by Crippen LogP contribution is -2.16. The number of nitrogens with one attached hydrogen (secondary N) is 2. The fourth-order valence-corrected chi connectivity index (χ4v) is 1.88. The average molecular weight is 228 g/mol. The van der Waals surface area contributed by atoms with E-state index in [9.17, 15) is 0 Å². The molecule has 0 rings (SSSR count). The molecular formula is C14H32N2. The quantitative estimate of drug-likeness (QED) is 0.473. The van der Waals surface area contributed by atoms with Crippen LogP contribution in [0.3, 0.4) is 0 Å². The summed E-state index contributed by atoms with van der Waals surface area (Å²) in [5.74, 6) is 0. The second-order valence-electron chi connectivity index (χ2n) is 4.68. The highest BCUT2D eigenvalue weighted by Crippen LogP contribution is 2.01. The molecule has 0 bridgehead atoms. The van der Waals surface area contributed by atoms with Crippen molar-refractivity contribution in [3.63, 3.8) is 0 Å². The van der Waals surface area contributed by atoms with Gasteiger partial charge in [-0.15, -0.1) is 0 Å². The van der Waals surface area contributed by atoms with Gasteiger partial charge < -0.3 is 10.6 Å². The van der Waals surface area contributed by atoms with Crippen molar-refractivity contribution in [2.75, 3.05) is 26.7 Å². The van der Waals surface area contributed by atoms with E-state index in [1.54, 1.807) is 0 Å². The van der Waals surface area contributed by atoms with E-state index in [-0.39, 0.29) is 0 Å². The van der Waals surface area contributed by atoms with Crippen molar-refractivity contribution in [1.82, 2.24) is 10.6 Å². The number of rotatable bonds is 13. The fourth-order valence-electron chi connectivity index (χ4n) is 1.88. The zero-order valence-electron chi connectivity index (χ0n) is 11.5. The molecule has 0 unspecified atom stereocenters. The smallest absolute Gasteiger partial charge is 0.00489 e. The standard InChI is InChI=1S/C14H32N2/c1-3-4-5-10-13-16-14-11-8-6-7-9-12-15-2/h15-16H,3-14H2,1-2H3. The molecule has 0 aliphatic carbocycles. The van der Waals surface area contributed by atoms with Crippen LogP contribution in [0.2, 0.25) is 0 Å². The molecule has 0 saturated carbocycles. The minimum Gasteiger partial charge on any atom is -0.320 e. The van der Waals surface area contributed by atoms with Gasteiger partial charge in [0, 0.05) is 0 Å². The van der Waals surface area contributed by atoms with E-state index in [1.807, 2.05) is 7.05 Å². The third-order valence-electron chi connectivity index (χ3n) is 2.99. The molecular weight excluding hydrogens is 196 g/mol. The zero-order valence-corrected chi connectivity index (χ0v) is 11.5. The molecule has 0 aromatic heterocycles. The van der Waals surface area contributed by atoms with Gasteiger partial charge in [0.1, 0.15) is 0 Å². The fraction of sp³-hybridized carbons (Fsp3) is 1.00. The second-order valence-corrected chi connectivity index (χ2v) is 4.68. The van der Waals surface area contributed by atoms with E-state index >= 15 is 0 Å². The molecule has 0 saturated heterocycles. The van der Waals surface area contributed by atoms with Crippen LogP contribution in [-0.4, -0.2) is 26.7 Å². The third kappa shape index (κ3) is 13.9. The summed E-state index contributed by atoms with van der Waals surface area (Å²) in [5, 5.41) is 6.72. The number of unbranched alkanes of at least 4 members (excludes halogenated alkanes) is 7. The molecule has 0 heterocycles. The molecule has 0 aromatic carbocycles. The van der Waals surface area contributed by atoms with E-state index in [2.05, 4.69) is 17.6 Å². The molecule has 0 radical (unpaired) electrons. The molecule has 0 atom stereocenters. The van der Waals surface area contributed by atoms with Crippen LogP contribution < -0.4 is 10.6 Å². The van der Waals surface area contributed by atoms with E-state index in [0.717, 1.165) is 0 Å². The van der Waals surface area contributed by atoms with Crippen LogP contribution in [0.4, 0.5) is 0 Å². The Hall–Kier alpha value is -0.0800. The second kappa shape index (κ2) is 14.9. The van der Waals surface area contributed by atoms with Crippen molar-refractivity contribution in [3.8, 4) is 0 Å². The highest BCUT2D eigenvalue weighted by Gasteiger charge is 1.91. The van der Waals surface area contributed by atoms with Crippen LogP contribution in [-0.2, 0) is 0 Å². The Balaban J connectivity index is 2.83. The summed E-state index contributed by atoms with van der Waals surface area (Å²) in [5.41, 5.74) is 0. The lowest BCUT2D eigenvalue weighted by atomic mass is 10.1.